The van der Waals surface area contributed by atoms with Crippen molar-refractivity contribution in [3.63, 3.8) is 0 Å². The van der Waals surface area contributed by atoms with E-state index in [0.29, 0.717) is 16.4 Å². The Bertz CT molecular complexity index is 457. The highest BCUT2D eigenvalue weighted by Gasteiger charge is 2.32. The lowest BCUT2D eigenvalue weighted by molar-refractivity contribution is 0.139. The van der Waals surface area contributed by atoms with Gasteiger partial charge in [0.1, 0.15) is 0 Å². The van der Waals surface area contributed by atoms with Crippen LogP contribution in [0.3, 0.4) is 0 Å². The summed E-state index contributed by atoms with van der Waals surface area (Å²) in [6.07, 6.45) is 4.90. The molecule has 1 aromatic rings. The second-order valence-electron chi connectivity index (χ2n) is 7.17. The summed E-state index contributed by atoms with van der Waals surface area (Å²) >= 11 is 12.3. The van der Waals surface area contributed by atoms with Gasteiger partial charge in [0.2, 0.25) is 0 Å². The van der Waals surface area contributed by atoms with E-state index in [2.05, 4.69) is 20.8 Å². The molecule has 3 heteroatoms. The Kier molecular flexibility index (Phi) is 5.05. The molecule has 0 amide bonds. The number of hydrogen-bond donors (Lipinski definition) is 1. The summed E-state index contributed by atoms with van der Waals surface area (Å²) in [5.74, 6) is 1.32. The second-order valence-corrected chi connectivity index (χ2v) is 8.01. The molecule has 112 valence electrons. The van der Waals surface area contributed by atoms with Crippen LogP contribution in [-0.2, 0) is 0 Å². The molecule has 1 saturated carbocycles. The summed E-state index contributed by atoms with van der Waals surface area (Å²) in [7, 11) is 0. The molecule has 1 aliphatic carbocycles. The third kappa shape index (κ3) is 3.69. The predicted molar refractivity (Wildman–Crippen MR) is 88.3 cm³/mol. The molecule has 0 aromatic heterocycles. The Labute approximate surface area is 132 Å². The Morgan fingerprint density at radius 1 is 1.10 bits per heavy atom. The van der Waals surface area contributed by atoms with Crippen LogP contribution in [0.5, 0.6) is 0 Å². The number of nitrogens with two attached hydrogens (primary N) is 1. The molecule has 0 bridgehead atoms. The van der Waals surface area contributed by atoms with Crippen molar-refractivity contribution in [3.8, 4) is 0 Å². The Hall–Kier alpha value is -0.240. The molecule has 2 rings (SSSR count). The van der Waals surface area contributed by atoms with Crippen molar-refractivity contribution in [2.75, 3.05) is 0 Å². The molecule has 0 saturated heterocycles. The minimum atomic E-state index is 0.00196. The molecular formula is C17H25Cl2N. The second kappa shape index (κ2) is 6.25. The highest BCUT2D eigenvalue weighted by Crippen LogP contribution is 2.43. The first kappa shape index (κ1) is 16.1. The van der Waals surface area contributed by atoms with Gasteiger partial charge in [0.25, 0.3) is 0 Å². The van der Waals surface area contributed by atoms with Crippen LogP contribution < -0.4 is 5.73 Å². The molecule has 1 atom stereocenters. The fourth-order valence-corrected chi connectivity index (χ4v) is 3.79. The van der Waals surface area contributed by atoms with Gasteiger partial charge in [-0.25, -0.2) is 0 Å². The zero-order valence-corrected chi connectivity index (χ0v) is 14.1. The van der Waals surface area contributed by atoms with E-state index in [0.717, 1.165) is 16.5 Å². The van der Waals surface area contributed by atoms with Crippen molar-refractivity contribution in [3.05, 3.63) is 33.8 Å². The first-order valence-corrected chi connectivity index (χ1v) is 8.25. The van der Waals surface area contributed by atoms with Gasteiger partial charge in [-0.3, -0.25) is 0 Å². The Morgan fingerprint density at radius 2 is 1.70 bits per heavy atom. The highest BCUT2D eigenvalue weighted by atomic mass is 35.5. The van der Waals surface area contributed by atoms with E-state index in [9.17, 15) is 0 Å². The van der Waals surface area contributed by atoms with Crippen molar-refractivity contribution in [2.45, 2.75) is 52.5 Å². The number of benzene rings is 1. The standard InChI is InChI=1S/C17H25Cl2N/c1-17(2,3)12-6-4-11(5-7-12)16(20)14-10-13(18)8-9-15(14)19/h8-12,16H,4-7,20H2,1-3H3. The largest absolute Gasteiger partial charge is 0.324 e. The zero-order chi connectivity index (χ0) is 14.9. The molecule has 0 spiro atoms. The molecule has 0 heterocycles. The number of halogens is 2. The minimum Gasteiger partial charge on any atom is -0.324 e. The van der Waals surface area contributed by atoms with Gasteiger partial charge in [0.05, 0.1) is 0 Å². The maximum absolute atomic E-state index is 6.45. The SMILES string of the molecule is CC(C)(C)C1CCC(C(N)c2cc(Cl)ccc2Cl)CC1. The van der Waals surface area contributed by atoms with E-state index in [1.54, 1.807) is 0 Å². The average molecular weight is 314 g/mol. The van der Waals surface area contributed by atoms with Gasteiger partial charge in [0, 0.05) is 16.1 Å². The van der Waals surface area contributed by atoms with Crippen LogP contribution in [0.1, 0.15) is 58.1 Å². The van der Waals surface area contributed by atoms with Gasteiger partial charge in [0.15, 0.2) is 0 Å². The molecule has 1 unspecified atom stereocenters. The molecule has 20 heavy (non-hydrogen) atoms. The van der Waals surface area contributed by atoms with E-state index >= 15 is 0 Å². The predicted octanol–water partition coefficient (Wildman–Crippen LogP) is 5.85. The lowest BCUT2D eigenvalue weighted by atomic mass is 9.68. The van der Waals surface area contributed by atoms with Gasteiger partial charge in [-0.1, -0.05) is 44.0 Å². The van der Waals surface area contributed by atoms with Crippen LogP contribution in [0, 0.1) is 17.3 Å². The Balaban J connectivity index is 2.05. The normalized spacial score (nSPS) is 25.5. The third-order valence-corrected chi connectivity index (χ3v) is 5.40. The first-order chi connectivity index (χ1) is 9.29. The van der Waals surface area contributed by atoms with Gasteiger partial charge < -0.3 is 5.73 Å². The highest BCUT2D eigenvalue weighted by molar-refractivity contribution is 6.33. The third-order valence-electron chi connectivity index (χ3n) is 4.82. The first-order valence-electron chi connectivity index (χ1n) is 7.49. The lowest BCUT2D eigenvalue weighted by Crippen LogP contribution is -2.30. The van der Waals surface area contributed by atoms with Gasteiger partial charge in [-0.15, -0.1) is 0 Å². The quantitative estimate of drug-likeness (QED) is 0.728. The van der Waals surface area contributed by atoms with Crippen LogP contribution in [0.4, 0.5) is 0 Å². The van der Waals surface area contributed by atoms with E-state index in [-0.39, 0.29) is 6.04 Å². The van der Waals surface area contributed by atoms with Crippen molar-refractivity contribution >= 4 is 23.2 Å². The van der Waals surface area contributed by atoms with Crippen LogP contribution in [0.2, 0.25) is 10.0 Å². The van der Waals surface area contributed by atoms with Crippen LogP contribution in [0.25, 0.3) is 0 Å². The summed E-state index contributed by atoms with van der Waals surface area (Å²) < 4.78 is 0. The summed E-state index contributed by atoms with van der Waals surface area (Å²) in [6.45, 7) is 7.02. The fraction of sp³-hybridized carbons (Fsp3) is 0.647. The molecule has 1 aliphatic rings. The molecule has 1 nitrogen and oxygen atoms in total. The summed E-state index contributed by atoms with van der Waals surface area (Å²) in [5.41, 5.74) is 7.85. The number of hydrogen-bond acceptors (Lipinski definition) is 1. The molecule has 0 aliphatic heterocycles. The monoisotopic (exact) mass is 313 g/mol. The van der Waals surface area contributed by atoms with Gasteiger partial charge >= 0.3 is 0 Å². The van der Waals surface area contributed by atoms with Crippen LogP contribution in [-0.4, -0.2) is 0 Å². The van der Waals surface area contributed by atoms with E-state index in [1.165, 1.54) is 25.7 Å². The van der Waals surface area contributed by atoms with E-state index in [4.69, 9.17) is 28.9 Å². The molecule has 0 radical (unpaired) electrons. The maximum atomic E-state index is 6.45. The van der Waals surface area contributed by atoms with Gasteiger partial charge in [-0.05, 0) is 66.7 Å². The van der Waals surface area contributed by atoms with E-state index < -0.39 is 0 Å². The fourth-order valence-electron chi connectivity index (χ4n) is 3.37. The smallest absolute Gasteiger partial charge is 0.0454 e. The molecular weight excluding hydrogens is 289 g/mol. The van der Waals surface area contributed by atoms with Crippen molar-refractivity contribution in [1.29, 1.82) is 0 Å². The number of rotatable bonds is 2. The molecule has 1 fully saturated rings. The van der Waals surface area contributed by atoms with E-state index in [1.807, 2.05) is 18.2 Å². The maximum Gasteiger partial charge on any atom is 0.0454 e. The topological polar surface area (TPSA) is 26.0 Å². The minimum absolute atomic E-state index is 0.00196. The summed E-state index contributed by atoms with van der Waals surface area (Å²) in [6, 6.07) is 5.59. The van der Waals surface area contributed by atoms with Crippen LogP contribution in [0.15, 0.2) is 18.2 Å². The zero-order valence-electron chi connectivity index (χ0n) is 12.6. The molecule has 2 N–H and O–H groups in total. The lowest BCUT2D eigenvalue weighted by Gasteiger charge is -2.39. The van der Waals surface area contributed by atoms with Crippen molar-refractivity contribution in [2.24, 2.45) is 23.0 Å². The summed E-state index contributed by atoms with van der Waals surface area (Å²) in [5, 5.41) is 1.45. The van der Waals surface area contributed by atoms with Crippen LogP contribution >= 0.6 is 23.2 Å². The van der Waals surface area contributed by atoms with Crippen molar-refractivity contribution in [1.82, 2.24) is 0 Å². The molecule has 1 aromatic carbocycles. The Morgan fingerprint density at radius 3 is 2.25 bits per heavy atom. The summed E-state index contributed by atoms with van der Waals surface area (Å²) in [4.78, 5) is 0. The van der Waals surface area contributed by atoms with Gasteiger partial charge in [-0.2, -0.15) is 0 Å². The average Bonchev–Trinajstić information content (AvgIpc) is 2.40. The van der Waals surface area contributed by atoms with Crippen molar-refractivity contribution < 1.29 is 0 Å².